The Kier molecular flexibility index (Phi) is 5.30. The van der Waals surface area contributed by atoms with Crippen molar-refractivity contribution in [2.24, 2.45) is 5.92 Å². The third-order valence-electron chi connectivity index (χ3n) is 4.67. The Bertz CT molecular complexity index is 909. The van der Waals surface area contributed by atoms with Crippen LogP contribution in [-0.2, 0) is 20.8 Å². The summed E-state index contributed by atoms with van der Waals surface area (Å²) in [6.45, 7) is -1.81. The Morgan fingerprint density at radius 2 is 2.04 bits per heavy atom. The first kappa shape index (κ1) is 19.7. The molecule has 0 aliphatic carbocycles. The number of fused-ring (bicyclic) bond motifs is 1. The first-order valence-corrected chi connectivity index (χ1v) is 8.57. The van der Waals surface area contributed by atoms with Gasteiger partial charge in [0.2, 0.25) is 11.8 Å². The minimum atomic E-state index is -4.56. The molecule has 0 radical (unpaired) electrons. The highest BCUT2D eigenvalue weighted by Gasteiger charge is 2.41. The van der Waals surface area contributed by atoms with Crippen LogP contribution in [0.5, 0.6) is 0 Å². The molecular weight excluding hydrogens is 379 g/mol. The molecule has 3 rings (SSSR count). The lowest BCUT2D eigenvalue weighted by atomic mass is 10.0. The van der Waals surface area contributed by atoms with Crippen LogP contribution in [0.4, 0.5) is 13.2 Å². The van der Waals surface area contributed by atoms with E-state index in [2.05, 4.69) is 10.3 Å². The molecule has 1 aliphatic rings. The van der Waals surface area contributed by atoms with Crippen LogP contribution in [0.25, 0.3) is 10.9 Å². The van der Waals surface area contributed by atoms with E-state index >= 15 is 0 Å². The molecule has 1 aromatic carbocycles. The number of aliphatic carboxylic acids is 1. The normalized spacial score (nSPS) is 18.5. The molecule has 1 saturated heterocycles. The summed E-state index contributed by atoms with van der Waals surface area (Å²) in [4.78, 5) is 39.2. The number of nitrogens with zero attached hydrogens (tertiary/aromatic N) is 1. The van der Waals surface area contributed by atoms with Gasteiger partial charge in [-0.3, -0.25) is 9.59 Å². The Hall–Kier alpha value is -3.04. The smallest absolute Gasteiger partial charge is 0.406 e. The van der Waals surface area contributed by atoms with Gasteiger partial charge in [0.05, 0.1) is 5.92 Å². The lowest BCUT2D eigenvalue weighted by Gasteiger charge is -2.19. The Morgan fingerprint density at radius 1 is 1.32 bits per heavy atom. The summed E-state index contributed by atoms with van der Waals surface area (Å²) < 4.78 is 37.5. The second-order valence-electron chi connectivity index (χ2n) is 6.75. The molecule has 2 aromatic rings. The monoisotopic (exact) mass is 397 g/mol. The number of nitrogens with one attached hydrogen (secondary N) is 2. The van der Waals surface area contributed by atoms with Gasteiger partial charge in [-0.1, -0.05) is 18.2 Å². The number of carboxylic acids is 1. The maximum Gasteiger partial charge on any atom is 0.406 e. The van der Waals surface area contributed by atoms with Crippen molar-refractivity contribution in [3.63, 3.8) is 0 Å². The number of likely N-dealkylation sites (tertiary alicyclic amines) is 1. The number of rotatable bonds is 6. The van der Waals surface area contributed by atoms with Crippen LogP contribution in [0, 0.1) is 5.92 Å². The molecule has 1 aliphatic heterocycles. The van der Waals surface area contributed by atoms with Gasteiger partial charge in [-0.05, 0) is 11.6 Å². The number of benzene rings is 1. The van der Waals surface area contributed by atoms with E-state index in [0.717, 1.165) is 10.9 Å². The quantitative estimate of drug-likeness (QED) is 0.690. The first-order chi connectivity index (χ1) is 13.1. The molecule has 3 N–H and O–H groups in total. The van der Waals surface area contributed by atoms with E-state index < -0.39 is 42.5 Å². The number of H-pyrrole nitrogens is 1. The van der Waals surface area contributed by atoms with Crippen molar-refractivity contribution in [3.05, 3.63) is 36.0 Å². The SMILES string of the molecule is O=C(N[C@H](Cc1c[nH]c2ccccc12)C(=O)O)[C@H]1CC(=O)N(CC(F)(F)F)C1. The number of carboxylic acid groups (broad SMARTS) is 1. The molecule has 0 bridgehead atoms. The molecule has 1 fully saturated rings. The number of hydrogen-bond acceptors (Lipinski definition) is 3. The van der Waals surface area contributed by atoms with Crippen molar-refractivity contribution in [3.8, 4) is 0 Å². The van der Waals surface area contributed by atoms with Crippen molar-refractivity contribution in [1.29, 1.82) is 0 Å². The number of carbonyl (C=O) groups excluding carboxylic acids is 2. The van der Waals surface area contributed by atoms with Crippen molar-refractivity contribution in [2.45, 2.75) is 25.1 Å². The van der Waals surface area contributed by atoms with E-state index in [1.54, 1.807) is 12.3 Å². The van der Waals surface area contributed by atoms with Crippen LogP contribution in [0.15, 0.2) is 30.5 Å². The van der Waals surface area contributed by atoms with Crippen molar-refractivity contribution in [2.75, 3.05) is 13.1 Å². The fraction of sp³-hybridized carbons (Fsp3) is 0.389. The largest absolute Gasteiger partial charge is 0.480 e. The number of amides is 2. The fourth-order valence-corrected chi connectivity index (χ4v) is 3.33. The number of para-hydroxylation sites is 1. The van der Waals surface area contributed by atoms with Crippen molar-refractivity contribution in [1.82, 2.24) is 15.2 Å². The lowest BCUT2D eigenvalue weighted by molar-refractivity contribution is -0.157. The molecule has 150 valence electrons. The molecule has 7 nitrogen and oxygen atoms in total. The van der Waals surface area contributed by atoms with Crippen LogP contribution in [0.3, 0.4) is 0 Å². The van der Waals surface area contributed by atoms with Gasteiger partial charge in [0.15, 0.2) is 0 Å². The molecule has 2 heterocycles. The number of alkyl halides is 3. The summed E-state index contributed by atoms with van der Waals surface area (Å²) in [5.41, 5.74) is 1.50. The van der Waals surface area contributed by atoms with Crippen LogP contribution in [0.2, 0.25) is 0 Å². The highest BCUT2D eigenvalue weighted by Crippen LogP contribution is 2.24. The predicted octanol–water partition coefficient (Wildman–Crippen LogP) is 1.69. The second-order valence-corrected chi connectivity index (χ2v) is 6.75. The molecule has 0 spiro atoms. The fourth-order valence-electron chi connectivity index (χ4n) is 3.33. The van der Waals surface area contributed by atoms with Gasteiger partial charge in [-0.15, -0.1) is 0 Å². The molecule has 2 amide bonds. The van der Waals surface area contributed by atoms with E-state index in [9.17, 15) is 32.7 Å². The zero-order chi connectivity index (χ0) is 20.5. The average Bonchev–Trinajstić information content (AvgIpc) is 3.17. The third-order valence-corrected chi connectivity index (χ3v) is 4.67. The summed E-state index contributed by atoms with van der Waals surface area (Å²) in [7, 11) is 0. The zero-order valence-electron chi connectivity index (χ0n) is 14.6. The molecule has 0 saturated carbocycles. The van der Waals surface area contributed by atoms with Gasteiger partial charge in [0, 0.05) is 36.5 Å². The van der Waals surface area contributed by atoms with E-state index in [4.69, 9.17) is 0 Å². The summed E-state index contributed by atoms with van der Waals surface area (Å²) in [5, 5.41) is 12.6. The van der Waals surface area contributed by atoms with Gasteiger partial charge < -0.3 is 20.3 Å². The predicted molar refractivity (Wildman–Crippen MR) is 92.3 cm³/mol. The summed E-state index contributed by atoms with van der Waals surface area (Å²) in [6.07, 6.45) is -3.28. The molecule has 1 aromatic heterocycles. The minimum absolute atomic E-state index is 0.00197. The third kappa shape index (κ3) is 4.44. The summed E-state index contributed by atoms with van der Waals surface area (Å²) >= 11 is 0. The summed E-state index contributed by atoms with van der Waals surface area (Å²) in [6, 6.07) is 5.99. The van der Waals surface area contributed by atoms with Crippen LogP contribution < -0.4 is 5.32 Å². The average molecular weight is 397 g/mol. The molecular formula is C18H18F3N3O4. The van der Waals surface area contributed by atoms with Gasteiger partial charge >= 0.3 is 12.1 Å². The Balaban J connectivity index is 1.67. The van der Waals surface area contributed by atoms with E-state index in [0.29, 0.717) is 10.5 Å². The van der Waals surface area contributed by atoms with Crippen molar-refractivity contribution < 1.29 is 32.7 Å². The number of halogens is 3. The number of aromatic nitrogens is 1. The minimum Gasteiger partial charge on any atom is -0.480 e. The molecule has 0 unspecified atom stereocenters. The number of aromatic amines is 1. The molecule has 28 heavy (non-hydrogen) atoms. The van der Waals surface area contributed by atoms with Crippen LogP contribution >= 0.6 is 0 Å². The van der Waals surface area contributed by atoms with Crippen LogP contribution in [0.1, 0.15) is 12.0 Å². The lowest BCUT2D eigenvalue weighted by Crippen LogP contribution is -2.45. The van der Waals surface area contributed by atoms with E-state index in [1.807, 2.05) is 18.2 Å². The summed E-state index contributed by atoms with van der Waals surface area (Å²) in [5.74, 6) is -3.80. The van der Waals surface area contributed by atoms with E-state index in [-0.39, 0.29) is 19.4 Å². The Morgan fingerprint density at radius 3 is 2.71 bits per heavy atom. The maximum atomic E-state index is 12.5. The van der Waals surface area contributed by atoms with Crippen molar-refractivity contribution >= 4 is 28.7 Å². The van der Waals surface area contributed by atoms with Crippen LogP contribution in [-0.4, -0.2) is 58.1 Å². The zero-order valence-corrected chi connectivity index (χ0v) is 14.6. The molecule has 2 atom stereocenters. The van der Waals surface area contributed by atoms with Gasteiger partial charge in [0.1, 0.15) is 12.6 Å². The highest BCUT2D eigenvalue weighted by atomic mass is 19.4. The standard InChI is InChI=1S/C18H18F3N3O4/c19-18(20,21)9-24-8-11(6-15(24)25)16(26)23-14(17(27)28)5-10-7-22-13-4-2-1-3-12(10)13/h1-4,7,11,14,22H,5-6,8-9H2,(H,23,26)(H,27,28)/t11-,14+/m0/s1. The maximum absolute atomic E-state index is 12.5. The number of carbonyl (C=O) groups is 3. The second kappa shape index (κ2) is 7.53. The molecule has 10 heteroatoms. The first-order valence-electron chi connectivity index (χ1n) is 8.57. The van der Waals surface area contributed by atoms with E-state index in [1.165, 1.54) is 0 Å². The van der Waals surface area contributed by atoms with Gasteiger partial charge in [-0.2, -0.15) is 13.2 Å². The van der Waals surface area contributed by atoms with Gasteiger partial charge in [0.25, 0.3) is 0 Å². The highest BCUT2D eigenvalue weighted by molar-refractivity contribution is 5.92. The van der Waals surface area contributed by atoms with Gasteiger partial charge in [-0.25, -0.2) is 4.79 Å². The Labute approximate surface area is 157 Å². The number of hydrogen-bond donors (Lipinski definition) is 3. The topological polar surface area (TPSA) is 102 Å².